The Morgan fingerprint density at radius 1 is 1.24 bits per heavy atom. The Labute approximate surface area is 200 Å². The predicted octanol–water partition coefficient (Wildman–Crippen LogP) is 3.63. The van der Waals surface area contributed by atoms with Gasteiger partial charge in [-0.1, -0.05) is 23.7 Å². The summed E-state index contributed by atoms with van der Waals surface area (Å²) in [4.78, 5) is 28.8. The van der Waals surface area contributed by atoms with E-state index in [1.54, 1.807) is 25.1 Å². The van der Waals surface area contributed by atoms with Gasteiger partial charge in [0.2, 0.25) is 5.91 Å². The van der Waals surface area contributed by atoms with Crippen LogP contribution >= 0.6 is 11.6 Å². The number of rotatable bonds is 9. The lowest BCUT2D eigenvalue weighted by molar-refractivity contribution is -0.139. The number of ether oxygens (including phenoxy) is 1. The number of likely N-dealkylation sites (tertiary alicyclic amines) is 1. The lowest BCUT2D eigenvalue weighted by Gasteiger charge is -2.31. The van der Waals surface area contributed by atoms with Gasteiger partial charge in [-0.15, -0.1) is 0 Å². The molecule has 1 aromatic carbocycles. The highest BCUT2D eigenvalue weighted by atomic mass is 35.5. The van der Waals surface area contributed by atoms with Crippen LogP contribution in [0.5, 0.6) is 0 Å². The number of nitrogens with zero attached hydrogens (tertiary/aromatic N) is 2. The SMILES string of the molecule is CC1=C(C(=O)NCCCN2CCCC2)C(c2cccc(Cl)c2)C(C(=O)OCCC#N)=C(C)N1. The smallest absolute Gasteiger partial charge is 0.336 e. The number of hydrogen-bond donors (Lipinski definition) is 2. The molecule has 0 aromatic heterocycles. The molecule has 0 aliphatic carbocycles. The first-order valence-corrected chi connectivity index (χ1v) is 11.8. The molecule has 2 heterocycles. The van der Waals surface area contributed by atoms with Crippen LogP contribution in [-0.4, -0.2) is 49.6 Å². The van der Waals surface area contributed by atoms with E-state index in [1.807, 2.05) is 19.1 Å². The average Bonchev–Trinajstić information content (AvgIpc) is 3.29. The molecule has 0 saturated carbocycles. The third-order valence-corrected chi connectivity index (χ3v) is 6.22. The Morgan fingerprint density at radius 2 is 1.97 bits per heavy atom. The highest BCUT2D eigenvalue weighted by Gasteiger charge is 2.37. The molecular weight excluding hydrogens is 440 g/mol. The van der Waals surface area contributed by atoms with Gasteiger partial charge in [0.05, 0.1) is 24.0 Å². The van der Waals surface area contributed by atoms with E-state index in [1.165, 1.54) is 12.8 Å². The van der Waals surface area contributed by atoms with E-state index in [2.05, 4.69) is 15.5 Å². The van der Waals surface area contributed by atoms with Crippen molar-refractivity contribution in [3.05, 3.63) is 57.4 Å². The molecule has 2 N–H and O–H groups in total. The predicted molar refractivity (Wildman–Crippen MR) is 127 cm³/mol. The Morgan fingerprint density at radius 3 is 2.67 bits per heavy atom. The minimum atomic E-state index is -0.627. The quantitative estimate of drug-likeness (QED) is 0.422. The average molecular weight is 471 g/mol. The summed E-state index contributed by atoms with van der Waals surface area (Å²) >= 11 is 6.25. The zero-order chi connectivity index (χ0) is 23.8. The van der Waals surface area contributed by atoms with Gasteiger partial charge in [-0.2, -0.15) is 5.26 Å². The Hall–Kier alpha value is -2.82. The summed E-state index contributed by atoms with van der Waals surface area (Å²) < 4.78 is 5.34. The molecule has 7 nitrogen and oxygen atoms in total. The van der Waals surface area contributed by atoms with E-state index in [9.17, 15) is 9.59 Å². The van der Waals surface area contributed by atoms with E-state index in [0.717, 1.165) is 31.6 Å². The molecule has 33 heavy (non-hydrogen) atoms. The maximum atomic E-state index is 13.3. The molecule has 1 unspecified atom stereocenters. The molecule has 1 saturated heterocycles. The molecule has 3 rings (SSSR count). The summed E-state index contributed by atoms with van der Waals surface area (Å²) in [6.45, 7) is 7.38. The molecule has 1 fully saturated rings. The number of halogens is 1. The number of benzene rings is 1. The fraction of sp³-hybridized carbons (Fsp3) is 0.480. The second-order valence-corrected chi connectivity index (χ2v) is 8.83. The molecule has 0 bridgehead atoms. The van der Waals surface area contributed by atoms with Crippen molar-refractivity contribution < 1.29 is 14.3 Å². The van der Waals surface area contributed by atoms with Crippen LogP contribution < -0.4 is 10.6 Å². The largest absolute Gasteiger partial charge is 0.461 e. The molecular formula is C25H31ClN4O3. The van der Waals surface area contributed by atoms with Crippen LogP contribution in [0.2, 0.25) is 5.02 Å². The first kappa shape index (κ1) is 24.8. The molecule has 1 atom stereocenters. The molecule has 0 spiro atoms. The van der Waals surface area contributed by atoms with Gasteiger partial charge in [-0.3, -0.25) is 4.79 Å². The van der Waals surface area contributed by atoms with Crippen molar-refractivity contribution in [2.45, 2.75) is 45.4 Å². The lowest BCUT2D eigenvalue weighted by Crippen LogP contribution is -2.37. The van der Waals surface area contributed by atoms with Gasteiger partial charge in [0.1, 0.15) is 6.61 Å². The Balaban J connectivity index is 1.83. The monoisotopic (exact) mass is 470 g/mol. The van der Waals surface area contributed by atoms with Crippen LogP contribution in [0.25, 0.3) is 0 Å². The molecule has 0 radical (unpaired) electrons. The number of carbonyl (C=O) groups is 2. The summed E-state index contributed by atoms with van der Waals surface area (Å²) in [5.41, 5.74) is 2.85. The third-order valence-electron chi connectivity index (χ3n) is 5.99. The number of allylic oxidation sites excluding steroid dienone is 2. The van der Waals surface area contributed by atoms with Gasteiger partial charge in [-0.05, 0) is 70.4 Å². The number of dihydropyridines is 1. The van der Waals surface area contributed by atoms with E-state index >= 15 is 0 Å². The summed E-state index contributed by atoms with van der Waals surface area (Å²) in [6.07, 6.45) is 3.45. The molecule has 2 aliphatic rings. The number of carbonyl (C=O) groups excluding carboxylic acids is 2. The van der Waals surface area contributed by atoms with Gasteiger partial charge < -0.3 is 20.3 Å². The second kappa shape index (κ2) is 11.9. The molecule has 176 valence electrons. The molecule has 2 aliphatic heterocycles. The number of esters is 1. The Kier molecular flexibility index (Phi) is 8.93. The first-order valence-electron chi connectivity index (χ1n) is 11.4. The second-order valence-electron chi connectivity index (χ2n) is 8.39. The van der Waals surface area contributed by atoms with Crippen molar-refractivity contribution >= 4 is 23.5 Å². The van der Waals surface area contributed by atoms with Crippen molar-refractivity contribution in [1.82, 2.24) is 15.5 Å². The zero-order valence-electron chi connectivity index (χ0n) is 19.2. The van der Waals surface area contributed by atoms with Crippen molar-refractivity contribution in [1.29, 1.82) is 5.26 Å². The summed E-state index contributed by atoms with van der Waals surface area (Å²) in [7, 11) is 0. The maximum absolute atomic E-state index is 13.3. The fourth-order valence-electron chi connectivity index (χ4n) is 4.46. The summed E-state index contributed by atoms with van der Waals surface area (Å²) in [5.74, 6) is -1.40. The van der Waals surface area contributed by atoms with Crippen LogP contribution in [0.1, 0.15) is 51.0 Å². The van der Waals surface area contributed by atoms with Crippen LogP contribution in [0.4, 0.5) is 0 Å². The van der Waals surface area contributed by atoms with Gasteiger partial charge in [0.25, 0.3) is 0 Å². The molecule has 1 aromatic rings. The lowest BCUT2D eigenvalue weighted by atomic mass is 9.80. The summed E-state index contributed by atoms with van der Waals surface area (Å²) in [5, 5.41) is 15.5. The highest BCUT2D eigenvalue weighted by Crippen LogP contribution is 2.39. The van der Waals surface area contributed by atoms with Gasteiger partial charge in [0.15, 0.2) is 0 Å². The molecule has 8 heteroatoms. The van der Waals surface area contributed by atoms with E-state index in [0.29, 0.717) is 34.1 Å². The first-order chi connectivity index (χ1) is 15.9. The minimum Gasteiger partial charge on any atom is -0.461 e. The van der Waals surface area contributed by atoms with Gasteiger partial charge >= 0.3 is 5.97 Å². The third kappa shape index (κ3) is 6.37. The topological polar surface area (TPSA) is 94.5 Å². The standard InChI is InChI=1S/C25H31ClN4O3/c1-17-21(24(31)28-11-7-14-30-12-3-4-13-30)23(19-8-5-9-20(26)16-19)22(18(2)29-17)25(32)33-15-6-10-27/h5,8-9,16,23,29H,3-4,6-7,11-15H2,1-2H3,(H,28,31). The van der Waals surface area contributed by atoms with Crippen LogP contribution in [0.3, 0.4) is 0 Å². The number of nitriles is 1. The Bertz CT molecular complexity index is 990. The van der Waals surface area contributed by atoms with E-state index in [-0.39, 0.29) is 18.9 Å². The van der Waals surface area contributed by atoms with Crippen LogP contribution in [-0.2, 0) is 14.3 Å². The van der Waals surface area contributed by atoms with Gasteiger partial charge in [-0.25, -0.2) is 4.79 Å². The normalized spacial score (nSPS) is 18.7. The molecule has 1 amide bonds. The minimum absolute atomic E-state index is 0.00486. The van der Waals surface area contributed by atoms with Crippen molar-refractivity contribution in [2.24, 2.45) is 0 Å². The zero-order valence-corrected chi connectivity index (χ0v) is 20.0. The van der Waals surface area contributed by atoms with E-state index < -0.39 is 11.9 Å². The maximum Gasteiger partial charge on any atom is 0.336 e. The van der Waals surface area contributed by atoms with E-state index in [4.69, 9.17) is 21.6 Å². The number of hydrogen-bond acceptors (Lipinski definition) is 6. The summed E-state index contributed by atoms with van der Waals surface area (Å²) in [6, 6.07) is 9.14. The van der Waals surface area contributed by atoms with Crippen molar-refractivity contribution in [3.63, 3.8) is 0 Å². The van der Waals surface area contributed by atoms with Gasteiger partial charge in [0, 0.05) is 28.5 Å². The van der Waals surface area contributed by atoms with Crippen LogP contribution in [0.15, 0.2) is 46.8 Å². The van der Waals surface area contributed by atoms with Crippen molar-refractivity contribution in [3.8, 4) is 6.07 Å². The van der Waals surface area contributed by atoms with Crippen LogP contribution in [0, 0.1) is 11.3 Å². The number of nitrogens with one attached hydrogen (secondary N) is 2. The fourth-order valence-corrected chi connectivity index (χ4v) is 4.66. The highest BCUT2D eigenvalue weighted by molar-refractivity contribution is 6.30. The number of amides is 1. The van der Waals surface area contributed by atoms with Crippen molar-refractivity contribution in [2.75, 3.05) is 32.8 Å².